The fourth-order valence-electron chi connectivity index (χ4n) is 1.89. The van der Waals surface area contributed by atoms with Crippen LogP contribution in [0.5, 0.6) is 0 Å². The summed E-state index contributed by atoms with van der Waals surface area (Å²) < 4.78 is 1.83. The predicted molar refractivity (Wildman–Crippen MR) is 60.8 cm³/mol. The molecule has 4 nitrogen and oxygen atoms in total. The van der Waals surface area contributed by atoms with Crippen LogP contribution >= 0.6 is 11.6 Å². The average Bonchev–Trinajstić information content (AvgIpc) is 2.48. The molecule has 2 aromatic heterocycles. The topological polar surface area (TPSA) is 58.6 Å². The second-order valence-corrected chi connectivity index (χ2v) is 4.00. The quantitative estimate of drug-likeness (QED) is 0.723. The second-order valence-electron chi connectivity index (χ2n) is 3.62. The molecule has 0 spiro atoms. The summed E-state index contributed by atoms with van der Waals surface area (Å²) in [6.45, 7) is 3.98. The van der Waals surface area contributed by atoms with Crippen molar-refractivity contribution in [2.45, 2.75) is 20.3 Å². The van der Waals surface area contributed by atoms with Crippen molar-refractivity contribution in [2.24, 2.45) is 7.05 Å². The molecule has 0 bridgehead atoms. The van der Waals surface area contributed by atoms with Crippen LogP contribution < -0.4 is 10.4 Å². The molecule has 0 radical (unpaired) electrons. The lowest BCUT2D eigenvalue weighted by molar-refractivity contribution is -0.701. The van der Waals surface area contributed by atoms with Gasteiger partial charge in [-0.05, 0) is 13.3 Å². The van der Waals surface area contributed by atoms with Crippen molar-refractivity contribution in [3.05, 3.63) is 16.4 Å². The van der Waals surface area contributed by atoms with Gasteiger partial charge < -0.3 is 5.73 Å². The average molecular weight is 226 g/mol. The lowest BCUT2D eigenvalue weighted by Gasteiger charge is -2.01. The number of pyridine rings is 1. The number of H-pyrrole nitrogens is 1. The highest BCUT2D eigenvalue weighted by Crippen LogP contribution is 2.28. The zero-order chi connectivity index (χ0) is 11.2. The van der Waals surface area contributed by atoms with Gasteiger partial charge in [-0.3, -0.25) is 4.98 Å². The van der Waals surface area contributed by atoms with Gasteiger partial charge >= 0.3 is 0 Å². The van der Waals surface area contributed by atoms with Crippen molar-refractivity contribution in [1.82, 2.24) is 10.1 Å². The molecule has 0 amide bonds. The molecule has 2 rings (SSSR count). The van der Waals surface area contributed by atoms with Crippen molar-refractivity contribution in [3.63, 3.8) is 0 Å². The van der Waals surface area contributed by atoms with Crippen molar-refractivity contribution < 1.29 is 4.68 Å². The Morgan fingerprint density at radius 3 is 2.80 bits per heavy atom. The minimum absolute atomic E-state index is 0.613. The van der Waals surface area contributed by atoms with E-state index in [-0.39, 0.29) is 0 Å². The molecule has 15 heavy (non-hydrogen) atoms. The van der Waals surface area contributed by atoms with Gasteiger partial charge in [0.2, 0.25) is 0 Å². The first kappa shape index (κ1) is 10.2. The molecule has 2 heterocycles. The largest absolute Gasteiger partial charge is 0.380 e. The van der Waals surface area contributed by atoms with Crippen LogP contribution in [0.25, 0.3) is 10.9 Å². The predicted octanol–water partition coefficient (Wildman–Crippen LogP) is 1.49. The Kier molecular flexibility index (Phi) is 2.31. The molecule has 0 unspecified atom stereocenters. The zero-order valence-electron chi connectivity index (χ0n) is 9.06. The summed E-state index contributed by atoms with van der Waals surface area (Å²) in [4.78, 5) is 4.45. The third-order valence-corrected chi connectivity index (χ3v) is 2.99. The van der Waals surface area contributed by atoms with Gasteiger partial charge in [0.15, 0.2) is 12.9 Å². The van der Waals surface area contributed by atoms with Crippen LogP contribution in [0.3, 0.4) is 0 Å². The molecule has 2 aromatic rings. The number of nitrogens with zero attached hydrogens (tertiary/aromatic N) is 2. The van der Waals surface area contributed by atoms with Gasteiger partial charge in [0.1, 0.15) is 10.4 Å². The molecule has 0 aromatic carbocycles. The summed E-state index contributed by atoms with van der Waals surface area (Å²) in [7, 11) is 1.89. The minimum atomic E-state index is 0.613. The number of aromatic nitrogens is 3. The molecule has 0 atom stereocenters. The number of nitrogens with one attached hydrogen (secondary N) is 1. The van der Waals surface area contributed by atoms with E-state index < -0.39 is 0 Å². The molecular formula is C10H14ClN4+. The van der Waals surface area contributed by atoms with E-state index in [0.29, 0.717) is 10.8 Å². The molecule has 3 N–H and O–H groups in total. The maximum atomic E-state index is 6.27. The van der Waals surface area contributed by atoms with Crippen LogP contribution in [0, 0.1) is 6.92 Å². The first-order valence-electron chi connectivity index (χ1n) is 4.88. The lowest BCUT2D eigenvalue weighted by atomic mass is 10.2. The Balaban J connectivity index is 2.96. The Hall–Kier alpha value is -1.29. The zero-order valence-corrected chi connectivity index (χ0v) is 9.81. The number of anilines is 1. The summed E-state index contributed by atoms with van der Waals surface area (Å²) in [5, 5.41) is 4.62. The Morgan fingerprint density at radius 2 is 2.20 bits per heavy atom. The van der Waals surface area contributed by atoms with Crippen LogP contribution in [-0.2, 0) is 13.5 Å². The normalized spacial score (nSPS) is 11.2. The summed E-state index contributed by atoms with van der Waals surface area (Å²) in [5.74, 6) is 0.613. The maximum absolute atomic E-state index is 6.27. The van der Waals surface area contributed by atoms with Crippen molar-refractivity contribution >= 4 is 28.3 Å². The maximum Gasteiger partial charge on any atom is 0.262 e. The minimum Gasteiger partial charge on any atom is -0.380 e. The summed E-state index contributed by atoms with van der Waals surface area (Å²) in [6, 6.07) is 0. The second kappa shape index (κ2) is 3.38. The number of fused-ring (bicyclic) bond motifs is 1. The lowest BCUT2D eigenvalue weighted by Crippen LogP contribution is -2.30. The fourth-order valence-corrected chi connectivity index (χ4v) is 2.29. The SMILES string of the molecule is CCc1nc(C)c2c(N)[nH][n+](C)c2c1Cl. The highest BCUT2D eigenvalue weighted by molar-refractivity contribution is 6.35. The van der Waals surface area contributed by atoms with E-state index in [1.165, 1.54) is 0 Å². The first-order chi connectivity index (χ1) is 7.06. The van der Waals surface area contributed by atoms with E-state index in [4.69, 9.17) is 17.3 Å². The molecule has 0 aliphatic rings. The van der Waals surface area contributed by atoms with Crippen LogP contribution in [0.4, 0.5) is 5.82 Å². The van der Waals surface area contributed by atoms with E-state index >= 15 is 0 Å². The molecule has 5 heteroatoms. The van der Waals surface area contributed by atoms with E-state index in [1.54, 1.807) is 0 Å². The molecular weight excluding hydrogens is 212 g/mol. The number of hydrogen-bond acceptors (Lipinski definition) is 2. The number of hydrogen-bond donors (Lipinski definition) is 2. The molecule has 0 saturated heterocycles. The van der Waals surface area contributed by atoms with Crippen molar-refractivity contribution in [1.29, 1.82) is 0 Å². The molecule has 0 aliphatic heterocycles. The van der Waals surface area contributed by atoms with Gasteiger partial charge in [-0.25, -0.2) is 0 Å². The van der Waals surface area contributed by atoms with E-state index in [2.05, 4.69) is 10.1 Å². The van der Waals surface area contributed by atoms with E-state index in [9.17, 15) is 0 Å². The highest BCUT2D eigenvalue weighted by atomic mass is 35.5. The van der Waals surface area contributed by atoms with Gasteiger partial charge in [-0.15, -0.1) is 9.78 Å². The summed E-state index contributed by atoms with van der Waals surface area (Å²) in [6.07, 6.45) is 0.820. The number of aromatic amines is 1. The third kappa shape index (κ3) is 1.36. The number of nitrogens with two attached hydrogens (primary N) is 1. The smallest absolute Gasteiger partial charge is 0.262 e. The van der Waals surface area contributed by atoms with Crippen LogP contribution in [0.1, 0.15) is 18.3 Å². The van der Waals surface area contributed by atoms with Gasteiger partial charge in [0.25, 0.3) is 5.52 Å². The standard InChI is InChI=1S/C10H13ClN4/c1-4-6-8(11)9-7(5(2)13-6)10(12)14-15(9)3/h4H2,1-3H3,(H2,12,14)/p+1. The molecule has 80 valence electrons. The van der Waals surface area contributed by atoms with E-state index in [1.807, 2.05) is 25.6 Å². The van der Waals surface area contributed by atoms with Gasteiger partial charge in [0.05, 0.1) is 11.4 Å². The Labute approximate surface area is 93.0 Å². The number of rotatable bonds is 1. The fraction of sp³-hybridized carbons (Fsp3) is 0.400. The van der Waals surface area contributed by atoms with Gasteiger partial charge in [-0.2, -0.15) is 0 Å². The Morgan fingerprint density at radius 1 is 1.53 bits per heavy atom. The third-order valence-electron chi connectivity index (χ3n) is 2.59. The monoisotopic (exact) mass is 225 g/mol. The number of halogens is 1. The summed E-state index contributed by atoms with van der Waals surface area (Å²) >= 11 is 6.27. The number of nitrogen functional groups attached to an aromatic ring is 1. The molecule has 0 aliphatic carbocycles. The highest BCUT2D eigenvalue weighted by Gasteiger charge is 2.22. The van der Waals surface area contributed by atoms with Crippen molar-refractivity contribution in [3.8, 4) is 0 Å². The van der Waals surface area contributed by atoms with E-state index in [0.717, 1.165) is 28.7 Å². The van der Waals surface area contributed by atoms with Crippen LogP contribution in [0.15, 0.2) is 0 Å². The molecule has 0 fully saturated rings. The molecule has 0 saturated carbocycles. The number of aryl methyl sites for hydroxylation is 3. The first-order valence-corrected chi connectivity index (χ1v) is 5.26. The van der Waals surface area contributed by atoms with Crippen LogP contribution in [0.2, 0.25) is 5.02 Å². The van der Waals surface area contributed by atoms with Crippen molar-refractivity contribution in [2.75, 3.05) is 5.73 Å². The summed E-state index contributed by atoms with van der Waals surface area (Å²) in [5.41, 5.74) is 8.62. The van der Waals surface area contributed by atoms with Crippen LogP contribution in [-0.4, -0.2) is 10.1 Å². The Bertz CT molecular complexity index is 530. The van der Waals surface area contributed by atoms with Gasteiger partial charge in [-0.1, -0.05) is 18.5 Å². The van der Waals surface area contributed by atoms with Gasteiger partial charge in [0, 0.05) is 0 Å².